The summed E-state index contributed by atoms with van der Waals surface area (Å²) in [6.45, 7) is 4.49. The van der Waals surface area contributed by atoms with Crippen molar-refractivity contribution in [2.75, 3.05) is 7.05 Å². The average molecular weight is 266 g/mol. The van der Waals surface area contributed by atoms with Crippen LogP contribution in [0.2, 0.25) is 5.02 Å². The first-order valence-corrected chi connectivity index (χ1v) is 7.42. The molecule has 1 aromatic carbocycles. The average Bonchev–Trinajstić information content (AvgIpc) is 2.31. The Hall–Kier alpha value is -0.530. The van der Waals surface area contributed by atoms with Gasteiger partial charge in [0.25, 0.3) is 0 Å². The van der Waals surface area contributed by atoms with Crippen LogP contribution in [0.3, 0.4) is 0 Å². The highest BCUT2D eigenvalue weighted by Gasteiger charge is 2.26. The molecule has 0 bridgehead atoms. The number of hydrogen-bond donors (Lipinski definition) is 1. The first-order valence-electron chi connectivity index (χ1n) is 7.04. The Morgan fingerprint density at radius 3 is 2.39 bits per heavy atom. The maximum Gasteiger partial charge on any atom is 0.0411 e. The van der Waals surface area contributed by atoms with Crippen LogP contribution >= 0.6 is 11.6 Å². The maximum absolute atomic E-state index is 6.19. The molecule has 18 heavy (non-hydrogen) atoms. The molecule has 2 heteroatoms. The largest absolute Gasteiger partial charge is 0.313 e. The molecule has 1 N–H and O–H groups in total. The van der Waals surface area contributed by atoms with Crippen molar-refractivity contribution in [1.82, 2.24) is 5.32 Å². The summed E-state index contributed by atoms with van der Waals surface area (Å²) in [7, 11) is 2.07. The Bertz CT molecular complexity index is 374. The van der Waals surface area contributed by atoms with E-state index in [0.29, 0.717) is 6.04 Å². The van der Waals surface area contributed by atoms with Gasteiger partial charge in [-0.05, 0) is 61.9 Å². The van der Waals surface area contributed by atoms with Gasteiger partial charge in [-0.1, -0.05) is 37.4 Å². The van der Waals surface area contributed by atoms with Gasteiger partial charge in [-0.15, -0.1) is 0 Å². The highest BCUT2D eigenvalue weighted by Crippen LogP contribution is 2.37. The van der Waals surface area contributed by atoms with Crippen molar-refractivity contribution in [3.8, 4) is 0 Å². The monoisotopic (exact) mass is 265 g/mol. The quantitative estimate of drug-likeness (QED) is 0.833. The molecule has 0 amide bonds. The van der Waals surface area contributed by atoms with Crippen LogP contribution in [-0.2, 0) is 0 Å². The van der Waals surface area contributed by atoms with Crippen LogP contribution in [0.5, 0.6) is 0 Å². The fourth-order valence-corrected chi connectivity index (χ4v) is 3.54. The van der Waals surface area contributed by atoms with Crippen LogP contribution in [0.1, 0.15) is 49.8 Å². The van der Waals surface area contributed by atoms with Crippen molar-refractivity contribution in [2.24, 2.45) is 11.8 Å². The van der Waals surface area contributed by atoms with Crippen molar-refractivity contribution < 1.29 is 0 Å². The van der Waals surface area contributed by atoms with Gasteiger partial charge in [-0.25, -0.2) is 0 Å². The zero-order valence-corrected chi connectivity index (χ0v) is 12.4. The van der Waals surface area contributed by atoms with E-state index in [1.54, 1.807) is 0 Å². The summed E-state index contributed by atoms with van der Waals surface area (Å²) in [5.74, 6) is 1.66. The normalized spacial score (nSPS) is 26.0. The van der Waals surface area contributed by atoms with Crippen molar-refractivity contribution in [3.05, 3.63) is 34.3 Å². The minimum atomic E-state index is 0.454. The molecule has 0 spiro atoms. The Balaban J connectivity index is 2.17. The van der Waals surface area contributed by atoms with E-state index < -0.39 is 0 Å². The molecular formula is C16H24ClN. The van der Waals surface area contributed by atoms with E-state index in [0.717, 1.165) is 16.9 Å². The Morgan fingerprint density at radius 1 is 1.17 bits per heavy atom. The molecule has 1 saturated carbocycles. The molecule has 1 aromatic rings. The Labute approximate surface area is 116 Å². The van der Waals surface area contributed by atoms with E-state index in [9.17, 15) is 0 Å². The van der Waals surface area contributed by atoms with Crippen LogP contribution < -0.4 is 5.32 Å². The fourth-order valence-electron chi connectivity index (χ4n) is 3.24. The van der Waals surface area contributed by atoms with Gasteiger partial charge in [0, 0.05) is 11.1 Å². The third-order valence-electron chi connectivity index (χ3n) is 4.27. The second kappa shape index (κ2) is 6.08. The highest BCUT2D eigenvalue weighted by molar-refractivity contribution is 6.30. The molecule has 0 saturated heterocycles. The number of benzene rings is 1. The molecule has 1 unspecified atom stereocenters. The first kappa shape index (κ1) is 13.9. The predicted molar refractivity (Wildman–Crippen MR) is 79.1 cm³/mol. The summed E-state index contributed by atoms with van der Waals surface area (Å²) < 4.78 is 0. The lowest BCUT2D eigenvalue weighted by molar-refractivity contribution is 0.238. The summed E-state index contributed by atoms with van der Waals surface area (Å²) in [5, 5.41) is 4.35. The lowest BCUT2D eigenvalue weighted by Gasteiger charge is -2.33. The molecule has 0 heterocycles. The van der Waals surface area contributed by atoms with E-state index in [4.69, 9.17) is 11.6 Å². The number of halogens is 1. The van der Waals surface area contributed by atoms with E-state index in [1.165, 1.54) is 36.8 Å². The molecule has 0 radical (unpaired) electrons. The molecule has 0 aliphatic heterocycles. The SMILES string of the molecule is CNC(c1cc(C)cc(Cl)c1)C1CCC(C)CC1. The molecule has 1 fully saturated rings. The van der Waals surface area contributed by atoms with Gasteiger partial charge in [0.1, 0.15) is 0 Å². The Kier molecular flexibility index (Phi) is 4.69. The van der Waals surface area contributed by atoms with E-state index in [-0.39, 0.29) is 0 Å². The second-order valence-corrected chi connectivity index (χ2v) is 6.28. The summed E-state index contributed by atoms with van der Waals surface area (Å²) >= 11 is 6.19. The van der Waals surface area contributed by atoms with Crippen molar-refractivity contribution >= 4 is 11.6 Å². The van der Waals surface area contributed by atoms with Crippen molar-refractivity contribution in [1.29, 1.82) is 0 Å². The number of rotatable bonds is 3. The van der Waals surface area contributed by atoms with Gasteiger partial charge in [-0.2, -0.15) is 0 Å². The topological polar surface area (TPSA) is 12.0 Å². The smallest absolute Gasteiger partial charge is 0.0411 e. The molecular weight excluding hydrogens is 242 g/mol. The molecule has 1 aliphatic rings. The number of hydrogen-bond acceptors (Lipinski definition) is 1. The van der Waals surface area contributed by atoms with Crippen LogP contribution in [0, 0.1) is 18.8 Å². The molecule has 2 rings (SSSR count). The van der Waals surface area contributed by atoms with Crippen LogP contribution in [-0.4, -0.2) is 7.05 Å². The zero-order chi connectivity index (χ0) is 13.1. The van der Waals surface area contributed by atoms with E-state index >= 15 is 0 Å². The van der Waals surface area contributed by atoms with Crippen molar-refractivity contribution in [3.63, 3.8) is 0 Å². The van der Waals surface area contributed by atoms with Gasteiger partial charge < -0.3 is 5.32 Å². The predicted octanol–water partition coefficient (Wildman–Crippen LogP) is 4.74. The minimum Gasteiger partial charge on any atom is -0.313 e. The van der Waals surface area contributed by atoms with Crippen LogP contribution in [0.4, 0.5) is 0 Å². The molecule has 100 valence electrons. The Morgan fingerprint density at radius 2 is 1.83 bits per heavy atom. The number of nitrogens with one attached hydrogen (secondary N) is 1. The molecule has 1 atom stereocenters. The fraction of sp³-hybridized carbons (Fsp3) is 0.625. The summed E-state index contributed by atoms with van der Waals surface area (Å²) in [6.07, 6.45) is 5.39. The summed E-state index contributed by atoms with van der Waals surface area (Å²) in [4.78, 5) is 0. The van der Waals surface area contributed by atoms with Gasteiger partial charge >= 0.3 is 0 Å². The second-order valence-electron chi connectivity index (χ2n) is 5.85. The zero-order valence-electron chi connectivity index (χ0n) is 11.7. The highest BCUT2D eigenvalue weighted by atomic mass is 35.5. The van der Waals surface area contributed by atoms with Gasteiger partial charge in [0.15, 0.2) is 0 Å². The standard InChI is InChI=1S/C16H24ClN/c1-11-4-6-13(7-5-11)16(18-3)14-8-12(2)9-15(17)10-14/h8-11,13,16,18H,4-7H2,1-3H3. The van der Waals surface area contributed by atoms with Gasteiger partial charge in [-0.3, -0.25) is 0 Å². The molecule has 1 aliphatic carbocycles. The van der Waals surface area contributed by atoms with Gasteiger partial charge in [0.05, 0.1) is 0 Å². The summed E-state index contributed by atoms with van der Waals surface area (Å²) in [6, 6.07) is 6.87. The van der Waals surface area contributed by atoms with E-state index in [2.05, 4.69) is 38.3 Å². The lowest BCUT2D eigenvalue weighted by atomic mass is 9.77. The van der Waals surface area contributed by atoms with Crippen molar-refractivity contribution in [2.45, 2.75) is 45.6 Å². The van der Waals surface area contributed by atoms with Crippen LogP contribution in [0.25, 0.3) is 0 Å². The summed E-state index contributed by atoms with van der Waals surface area (Å²) in [5.41, 5.74) is 2.60. The van der Waals surface area contributed by atoms with E-state index in [1.807, 2.05) is 6.07 Å². The third kappa shape index (κ3) is 3.27. The van der Waals surface area contributed by atoms with Gasteiger partial charge in [0.2, 0.25) is 0 Å². The van der Waals surface area contributed by atoms with Crippen LogP contribution in [0.15, 0.2) is 18.2 Å². The first-order chi connectivity index (χ1) is 8.60. The maximum atomic E-state index is 6.19. The lowest BCUT2D eigenvalue weighted by Crippen LogP contribution is -2.28. The third-order valence-corrected chi connectivity index (χ3v) is 4.48. The molecule has 1 nitrogen and oxygen atoms in total. The molecule has 0 aromatic heterocycles. The number of aryl methyl sites for hydroxylation is 1. The minimum absolute atomic E-state index is 0.454.